The standard InChI is InChI=1S/C17H14O5/c1-20-12-4-5-13(15(19)9-12)14(18)6-2-11-3-7-16-17(8-11)22-10-21-16/h2-9,19H,10H2,1H3. The molecule has 0 aliphatic carbocycles. The second kappa shape index (κ2) is 5.81. The summed E-state index contributed by atoms with van der Waals surface area (Å²) in [5.41, 5.74) is 1.03. The summed E-state index contributed by atoms with van der Waals surface area (Å²) >= 11 is 0. The van der Waals surface area contributed by atoms with Crippen LogP contribution in [-0.2, 0) is 0 Å². The SMILES string of the molecule is COc1ccc(C(=O)C=Cc2ccc3c(c2)OCO3)c(O)c1. The Bertz CT molecular complexity index is 749. The highest BCUT2D eigenvalue weighted by molar-refractivity contribution is 6.08. The van der Waals surface area contributed by atoms with E-state index in [2.05, 4.69) is 0 Å². The second-order valence-corrected chi connectivity index (χ2v) is 4.69. The van der Waals surface area contributed by atoms with Crippen molar-refractivity contribution in [2.24, 2.45) is 0 Å². The van der Waals surface area contributed by atoms with Crippen LogP contribution >= 0.6 is 0 Å². The molecule has 0 unspecified atom stereocenters. The molecule has 2 aromatic carbocycles. The third kappa shape index (κ3) is 2.74. The first-order valence-electron chi connectivity index (χ1n) is 6.66. The van der Waals surface area contributed by atoms with Crippen molar-refractivity contribution in [1.29, 1.82) is 0 Å². The lowest BCUT2D eigenvalue weighted by Gasteiger charge is -2.04. The quantitative estimate of drug-likeness (QED) is 0.694. The molecule has 0 atom stereocenters. The number of fused-ring (bicyclic) bond motifs is 1. The zero-order valence-electron chi connectivity index (χ0n) is 11.9. The number of ketones is 1. The summed E-state index contributed by atoms with van der Waals surface area (Å²) < 4.78 is 15.5. The fraction of sp³-hybridized carbons (Fsp3) is 0.118. The molecule has 112 valence electrons. The van der Waals surface area contributed by atoms with E-state index in [9.17, 15) is 9.90 Å². The number of hydrogen-bond acceptors (Lipinski definition) is 5. The van der Waals surface area contributed by atoms with E-state index < -0.39 is 0 Å². The van der Waals surface area contributed by atoms with Gasteiger partial charge in [-0.2, -0.15) is 0 Å². The molecule has 0 saturated heterocycles. The predicted molar refractivity (Wildman–Crippen MR) is 80.6 cm³/mol. The molecule has 0 spiro atoms. The van der Waals surface area contributed by atoms with E-state index in [1.54, 1.807) is 24.3 Å². The zero-order chi connectivity index (χ0) is 15.5. The Balaban J connectivity index is 1.79. The molecule has 1 aliphatic rings. The lowest BCUT2D eigenvalue weighted by molar-refractivity contribution is 0.104. The van der Waals surface area contributed by atoms with Crippen molar-refractivity contribution >= 4 is 11.9 Å². The van der Waals surface area contributed by atoms with Crippen LogP contribution in [0.15, 0.2) is 42.5 Å². The normalized spacial score (nSPS) is 12.6. The van der Waals surface area contributed by atoms with Gasteiger partial charge in [-0.3, -0.25) is 4.79 Å². The molecule has 5 heteroatoms. The van der Waals surface area contributed by atoms with Crippen LogP contribution in [0.3, 0.4) is 0 Å². The summed E-state index contributed by atoms with van der Waals surface area (Å²) in [4.78, 5) is 12.1. The number of aromatic hydroxyl groups is 1. The predicted octanol–water partition coefficient (Wildman–Crippen LogP) is 3.03. The Morgan fingerprint density at radius 1 is 1.18 bits per heavy atom. The lowest BCUT2D eigenvalue weighted by Crippen LogP contribution is -1.95. The number of rotatable bonds is 4. The molecule has 2 aromatic rings. The Morgan fingerprint density at radius 2 is 2.00 bits per heavy atom. The molecule has 1 N–H and O–H groups in total. The number of benzene rings is 2. The van der Waals surface area contributed by atoms with Gasteiger partial charge in [-0.25, -0.2) is 0 Å². The third-order valence-electron chi connectivity index (χ3n) is 3.29. The Kier molecular flexibility index (Phi) is 3.70. The monoisotopic (exact) mass is 298 g/mol. The minimum Gasteiger partial charge on any atom is -0.507 e. The van der Waals surface area contributed by atoms with Gasteiger partial charge in [0.25, 0.3) is 0 Å². The number of allylic oxidation sites excluding steroid dienone is 1. The van der Waals surface area contributed by atoms with Crippen molar-refractivity contribution in [3.8, 4) is 23.0 Å². The van der Waals surface area contributed by atoms with E-state index in [0.29, 0.717) is 17.2 Å². The maximum absolute atomic E-state index is 12.1. The van der Waals surface area contributed by atoms with Crippen LogP contribution < -0.4 is 14.2 Å². The number of carbonyl (C=O) groups excluding carboxylic acids is 1. The van der Waals surface area contributed by atoms with Gasteiger partial charge in [0, 0.05) is 6.07 Å². The van der Waals surface area contributed by atoms with Crippen molar-refractivity contribution < 1.29 is 24.1 Å². The molecule has 22 heavy (non-hydrogen) atoms. The van der Waals surface area contributed by atoms with E-state index in [1.807, 2.05) is 6.07 Å². The Labute approximate surface area is 127 Å². The third-order valence-corrected chi connectivity index (χ3v) is 3.29. The summed E-state index contributed by atoms with van der Waals surface area (Å²) in [6.07, 6.45) is 3.06. The molecule has 1 heterocycles. The Morgan fingerprint density at radius 3 is 2.77 bits per heavy atom. The summed E-state index contributed by atoms with van der Waals surface area (Å²) in [6.45, 7) is 0.209. The fourth-order valence-corrected chi connectivity index (χ4v) is 2.13. The number of phenolic OH excluding ortho intramolecular Hbond substituents is 1. The second-order valence-electron chi connectivity index (χ2n) is 4.69. The first-order chi connectivity index (χ1) is 10.7. The summed E-state index contributed by atoms with van der Waals surface area (Å²) in [5, 5.41) is 9.85. The molecule has 0 aromatic heterocycles. The summed E-state index contributed by atoms with van der Waals surface area (Å²) in [7, 11) is 1.50. The number of hydrogen-bond donors (Lipinski definition) is 1. The van der Waals surface area contributed by atoms with Crippen molar-refractivity contribution in [2.75, 3.05) is 13.9 Å². The van der Waals surface area contributed by atoms with Crippen LogP contribution in [0.2, 0.25) is 0 Å². The smallest absolute Gasteiger partial charge is 0.231 e. The number of carbonyl (C=O) groups is 1. The molecule has 1 aliphatic heterocycles. The van der Waals surface area contributed by atoms with Gasteiger partial charge in [0.2, 0.25) is 6.79 Å². The van der Waals surface area contributed by atoms with Gasteiger partial charge < -0.3 is 19.3 Å². The minimum absolute atomic E-state index is 0.111. The highest BCUT2D eigenvalue weighted by Gasteiger charge is 2.13. The van der Waals surface area contributed by atoms with Crippen LogP contribution in [0.25, 0.3) is 6.08 Å². The maximum Gasteiger partial charge on any atom is 0.231 e. The summed E-state index contributed by atoms with van der Waals surface area (Å²) in [5.74, 6) is 1.43. The first-order valence-corrected chi connectivity index (χ1v) is 6.66. The topological polar surface area (TPSA) is 65.0 Å². The molecule has 5 nitrogen and oxygen atoms in total. The molecular formula is C17H14O5. The lowest BCUT2D eigenvalue weighted by atomic mass is 10.1. The van der Waals surface area contributed by atoms with E-state index in [-0.39, 0.29) is 23.9 Å². The van der Waals surface area contributed by atoms with Gasteiger partial charge in [-0.05, 0) is 35.9 Å². The molecule has 0 radical (unpaired) electrons. The van der Waals surface area contributed by atoms with Crippen LogP contribution in [0.4, 0.5) is 0 Å². The molecule has 0 bridgehead atoms. The Hall–Kier alpha value is -2.95. The van der Waals surface area contributed by atoms with Crippen molar-refractivity contribution in [1.82, 2.24) is 0 Å². The van der Waals surface area contributed by atoms with E-state index in [4.69, 9.17) is 14.2 Å². The summed E-state index contributed by atoms with van der Waals surface area (Å²) in [6, 6.07) is 9.96. The number of ether oxygens (including phenoxy) is 3. The van der Waals surface area contributed by atoms with Crippen LogP contribution in [-0.4, -0.2) is 24.8 Å². The van der Waals surface area contributed by atoms with Gasteiger partial charge in [0.15, 0.2) is 17.3 Å². The minimum atomic E-state index is -0.294. The largest absolute Gasteiger partial charge is 0.507 e. The van der Waals surface area contributed by atoms with Crippen molar-refractivity contribution in [3.63, 3.8) is 0 Å². The van der Waals surface area contributed by atoms with Gasteiger partial charge in [0.05, 0.1) is 12.7 Å². The number of phenols is 1. The number of methoxy groups -OCH3 is 1. The molecule has 0 saturated carbocycles. The van der Waals surface area contributed by atoms with Gasteiger partial charge in [-0.15, -0.1) is 0 Å². The molecule has 3 rings (SSSR count). The fourth-order valence-electron chi connectivity index (χ4n) is 2.13. The van der Waals surface area contributed by atoms with Gasteiger partial charge in [-0.1, -0.05) is 12.1 Å². The average molecular weight is 298 g/mol. The molecule has 0 amide bonds. The maximum atomic E-state index is 12.1. The van der Waals surface area contributed by atoms with E-state index in [1.165, 1.54) is 25.3 Å². The highest BCUT2D eigenvalue weighted by atomic mass is 16.7. The average Bonchev–Trinajstić information content (AvgIpc) is 3.00. The molecular weight excluding hydrogens is 284 g/mol. The first kappa shape index (κ1) is 14.0. The van der Waals surface area contributed by atoms with Gasteiger partial charge in [0.1, 0.15) is 11.5 Å². The van der Waals surface area contributed by atoms with Crippen LogP contribution in [0.1, 0.15) is 15.9 Å². The van der Waals surface area contributed by atoms with E-state index in [0.717, 1.165) is 5.56 Å². The molecule has 0 fully saturated rings. The van der Waals surface area contributed by atoms with Gasteiger partial charge >= 0.3 is 0 Å². The van der Waals surface area contributed by atoms with Crippen LogP contribution in [0.5, 0.6) is 23.0 Å². The highest BCUT2D eigenvalue weighted by Crippen LogP contribution is 2.33. The van der Waals surface area contributed by atoms with Crippen molar-refractivity contribution in [3.05, 3.63) is 53.6 Å². The van der Waals surface area contributed by atoms with Crippen LogP contribution in [0, 0.1) is 0 Å². The zero-order valence-corrected chi connectivity index (χ0v) is 11.9. The van der Waals surface area contributed by atoms with Crippen molar-refractivity contribution in [2.45, 2.75) is 0 Å². The van der Waals surface area contributed by atoms with E-state index >= 15 is 0 Å².